The summed E-state index contributed by atoms with van der Waals surface area (Å²) in [5.74, 6) is 0.549. The van der Waals surface area contributed by atoms with Gasteiger partial charge in [-0.25, -0.2) is 4.98 Å². The molecule has 3 N–H and O–H groups in total. The number of aromatic amines is 1. The molecule has 0 unspecified atom stereocenters. The third-order valence-corrected chi connectivity index (χ3v) is 3.87. The minimum Gasteiger partial charge on any atom is -0.398 e. The van der Waals surface area contributed by atoms with Crippen molar-refractivity contribution in [3.63, 3.8) is 0 Å². The molecule has 2 aromatic rings. The zero-order valence-corrected chi connectivity index (χ0v) is 11.9. The minimum atomic E-state index is -0.149. The average molecular weight is 276 g/mol. The van der Waals surface area contributed by atoms with E-state index in [1.54, 1.807) is 4.90 Å². The summed E-state index contributed by atoms with van der Waals surface area (Å²) in [6, 6.07) is 7.46. The third kappa shape index (κ3) is 2.90. The second-order valence-corrected chi connectivity index (χ2v) is 5.39. The van der Waals surface area contributed by atoms with Gasteiger partial charge in [0.25, 0.3) is 5.56 Å². The minimum absolute atomic E-state index is 0.149. The Balaban J connectivity index is 2.42. The lowest BCUT2D eigenvalue weighted by Gasteiger charge is -2.13. The molecule has 5 nitrogen and oxygen atoms in total. The summed E-state index contributed by atoms with van der Waals surface area (Å²) in [6.45, 7) is 1.82. The number of rotatable bonds is 3. The number of H-pyrrole nitrogens is 1. The van der Waals surface area contributed by atoms with E-state index in [9.17, 15) is 4.79 Å². The maximum atomic E-state index is 12.1. The second kappa shape index (κ2) is 5.36. The van der Waals surface area contributed by atoms with Gasteiger partial charge >= 0.3 is 0 Å². The lowest BCUT2D eigenvalue weighted by atomic mass is 10.3. The first-order valence-electron chi connectivity index (χ1n) is 5.79. The van der Waals surface area contributed by atoms with Crippen LogP contribution in [-0.4, -0.2) is 24.1 Å². The summed E-state index contributed by atoms with van der Waals surface area (Å²) < 4.78 is 0. The van der Waals surface area contributed by atoms with Gasteiger partial charge in [0.05, 0.1) is 10.6 Å². The molecule has 0 saturated heterocycles. The van der Waals surface area contributed by atoms with Crippen LogP contribution in [0.4, 0.5) is 11.6 Å². The number of hydrogen-bond acceptors (Lipinski definition) is 5. The van der Waals surface area contributed by atoms with Gasteiger partial charge in [-0.1, -0.05) is 23.9 Å². The Hall–Kier alpha value is -1.95. The van der Waals surface area contributed by atoms with Crippen molar-refractivity contribution in [2.75, 3.05) is 24.7 Å². The van der Waals surface area contributed by atoms with Crippen LogP contribution in [0.5, 0.6) is 0 Å². The Kier molecular flexibility index (Phi) is 3.80. The average Bonchev–Trinajstić information content (AvgIpc) is 2.35. The SMILES string of the molecule is Cc1nc(N(C)C)[nH]c(=O)c1Sc1ccccc1N. The van der Waals surface area contributed by atoms with Gasteiger partial charge in [0, 0.05) is 24.7 Å². The van der Waals surface area contributed by atoms with E-state index < -0.39 is 0 Å². The fourth-order valence-corrected chi connectivity index (χ4v) is 2.47. The van der Waals surface area contributed by atoms with E-state index in [0.717, 1.165) is 4.90 Å². The largest absolute Gasteiger partial charge is 0.398 e. The molecule has 0 spiro atoms. The highest BCUT2D eigenvalue weighted by molar-refractivity contribution is 7.99. The van der Waals surface area contributed by atoms with Gasteiger partial charge in [0.2, 0.25) is 5.95 Å². The molecule has 0 amide bonds. The molecule has 0 bridgehead atoms. The molecule has 0 atom stereocenters. The summed E-state index contributed by atoms with van der Waals surface area (Å²) in [4.78, 5) is 22.4. The van der Waals surface area contributed by atoms with E-state index in [-0.39, 0.29) is 5.56 Å². The second-order valence-electron chi connectivity index (χ2n) is 4.34. The summed E-state index contributed by atoms with van der Waals surface area (Å²) in [5.41, 5.74) is 7.09. The summed E-state index contributed by atoms with van der Waals surface area (Å²) in [7, 11) is 3.67. The predicted octanol–water partition coefficient (Wildman–Crippen LogP) is 1.88. The summed E-state index contributed by atoms with van der Waals surface area (Å²) in [6.07, 6.45) is 0. The highest BCUT2D eigenvalue weighted by atomic mass is 32.2. The van der Waals surface area contributed by atoms with Crippen LogP contribution in [0.2, 0.25) is 0 Å². The third-order valence-electron chi connectivity index (χ3n) is 2.59. The zero-order valence-electron chi connectivity index (χ0n) is 11.1. The first kappa shape index (κ1) is 13.5. The lowest BCUT2D eigenvalue weighted by molar-refractivity contribution is 0.918. The van der Waals surface area contributed by atoms with E-state index in [1.165, 1.54) is 11.8 Å². The van der Waals surface area contributed by atoms with Gasteiger partial charge in [-0.3, -0.25) is 9.78 Å². The van der Waals surface area contributed by atoms with Crippen LogP contribution in [0.3, 0.4) is 0 Å². The number of aromatic nitrogens is 2. The normalized spacial score (nSPS) is 10.5. The van der Waals surface area contributed by atoms with E-state index in [0.29, 0.717) is 22.2 Å². The number of nitrogens with one attached hydrogen (secondary N) is 1. The molecule has 0 saturated carbocycles. The van der Waals surface area contributed by atoms with Crippen molar-refractivity contribution < 1.29 is 0 Å². The van der Waals surface area contributed by atoms with Crippen molar-refractivity contribution in [2.24, 2.45) is 0 Å². The van der Waals surface area contributed by atoms with Gasteiger partial charge in [-0.2, -0.15) is 0 Å². The number of para-hydroxylation sites is 1. The van der Waals surface area contributed by atoms with Gasteiger partial charge in [-0.05, 0) is 19.1 Å². The zero-order chi connectivity index (χ0) is 14.0. The molecule has 0 aliphatic carbocycles. The predicted molar refractivity (Wildman–Crippen MR) is 78.9 cm³/mol. The van der Waals surface area contributed by atoms with Crippen LogP contribution in [0, 0.1) is 6.92 Å². The molecule has 1 aromatic carbocycles. The number of nitrogens with zero attached hydrogens (tertiary/aromatic N) is 2. The van der Waals surface area contributed by atoms with Gasteiger partial charge < -0.3 is 10.6 Å². The van der Waals surface area contributed by atoms with Crippen molar-refractivity contribution in [1.29, 1.82) is 0 Å². The number of benzene rings is 1. The Morgan fingerprint density at radius 2 is 2.00 bits per heavy atom. The van der Waals surface area contributed by atoms with Crippen LogP contribution in [-0.2, 0) is 0 Å². The van der Waals surface area contributed by atoms with Crippen LogP contribution in [0.25, 0.3) is 0 Å². The molecule has 0 aliphatic rings. The monoisotopic (exact) mass is 276 g/mol. The fraction of sp³-hybridized carbons (Fsp3) is 0.231. The van der Waals surface area contributed by atoms with Gasteiger partial charge in [0.1, 0.15) is 0 Å². The smallest absolute Gasteiger partial charge is 0.266 e. The molecule has 0 fully saturated rings. The number of anilines is 2. The van der Waals surface area contributed by atoms with E-state index >= 15 is 0 Å². The Morgan fingerprint density at radius 1 is 1.32 bits per heavy atom. The fourth-order valence-electron chi connectivity index (χ4n) is 1.58. The standard InChI is InChI=1S/C13H16N4OS/c1-8-11(12(18)16-13(15-8)17(2)3)19-10-7-5-4-6-9(10)14/h4-7H,14H2,1-3H3,(H,15,16,18). The molecular weight excluding hydrogens is 260 g/mol. The Labute approximate surface area is 115 Å². The molecule has 100 valence electrons. The van der Waals surface area contributed by atoms with Crippen molar-refractivity contribution in [2.45, 2.75) is 16.7 Å². The Morgan fingerprint density at radius 3 is 2.58 bits per heavy atom. The maximum absolute atomic E-state index is 12.1. The molecular formula is C13H16N4OS. The van der Waals surface area contributed by atoms with Gasteiger partial charge in [0.15, 0.2) is 0 Å². The molecule has 19 heavy (non-hydrogen) atoms. The maximum Gasteiger partial charge on any atom is 0.266 e. The molecule has 0 radical (unpaired) electrons. The van der Waals surface area contributed by atoms with Crippen molar-refractivity contribution in [3.05, 3.63) is 40.3 Å². The topological polar surface area (TPSA) is 75.0 Å². The molecule has 0 aliphatic heterocycles. The van der Waals surface area contributed by atoms with Crippen molar-refractivity contribution >= 4 is 23.4 Å². The van der Waals surface area contributed by atoms with E-state index in [1.807, 2.05) is 45.3 Å². The highest BCUT2D eigenvalue weighted by Gasteiger charge is 2.12. The van der Waals surface area contributed by atoms with Crippen molar-refractivity contribution in [1.82, 2.24) is 9.97 Å². The molecule has 2 rings (SSSR count). The summed E-state index contributed by atoms with van der Waals surface area (Å²) >= 11 is 1.34. The van der Waals surface area contributed by atoms with Gasteiger partial charge in [-0.15, -0.1) is 0 Å². The number of nitrogen functional groups attached to an aromatic ring is 1. The highest BCUT2D eigenvalue weighted by Crippen LogP contribution is 2.31. The quantitative estimate of drug-likeness (QED) is 0.837. The first-order valence-corrected chi connectivity index (χ1v) is 6.61. The number of hydrogen-bond donors (Lipinski definition) is 2. The number of aryl methyl sites for hydroxylation is 1. The Bertz CT molecular complexity index is 651. The van der Waals surface area contributed by atoms with Crippen LogP contribution in [0.1, 0.15) is 5.69 Å². The molecule has 1 aromatic heterocycles. The number of nitrogens with two attached hydrogens (primary N) is 1. The van der Waals surface area contributed by atoms with Crippen LogP contribution < -0.4 is 16.2 Å². The van der Waals surface area contributed by atoms with Crippen LogP contribution in [0.15, 0.2) is 38.9 Å². The summed E-state index contributed by atoms with van der Waals surface area (Å²) in [5, 5.41) is 0. The van der Waals surface area contributed by atoms with E-state index in [4.69, 9.17) is 5.73 Å². The first-order chi connectivity index (χ1) is 8.99. The lowest BCUT2D eigenvalue weighted by Crippen LogP contribution is -2.20. The van der Waals surface area contributed by atoms with Crippen LogP contribution >= 0.6 is 11.8 Å². The van der Waals surface area contributed by atoms with E-state index in [2.05, 4.69) is 9.97 Å². The molecule has 6 heteroatoms. The molecule has 1 heterocycles. The van der Waals surface area contributed by atoms with Crippen molar-refractivity contribution in [3.8, 4) is 0 Å².